The van der Waals surface area contributed by atoms with Gasteiger partial charge in [0.25, 0.3) is 0 Å². The van der Waals surface area contributed by atoms with Crippen molar-refractivity contribution in [2.24, 2.45) is 0 Å². The van der Waals surface area contributed by atoms with Gasteiger partial charge in [-0.25, -0.2) is 4.39 Å². The molecule has 0 aromatic heterocycles. The minimum Gasteiger partial charge on any atom is -0.317 e. The fourth-order valence-electron chi connectivity index (χ4n) is 1.28. The van der Waals surface area contributed by atoms with E-state index in [9.17, 15) is 4.39 Å². The zero-order chi connectivity index (χ0) is 11.1. The summed E-state index contributed by atoms with van der Waals surface area (Å²) in [5.41, 5.74) is 0. The van der Waals surface area contributed by atoms with Gasteiger partial charge in [-0.2, -0.15) is 0 Å². The van der Waals surface area contributed by atoms with E-state index in [1.165, 1.54) is 12.5 Å². The standard InChI is InChI=1S/C12H18FNS/c1-10(14-2)5-4-8-15-12-7-3-6-11(13)9-12/h3,6-7,9-10,14H,4-5,8H2,1-2H3. The first-order valence-corrected chi connectivity index (χ1v) is 6.26. The van der Waals surface area contributed by atoms with E-state index in [2.05, 4.69) is 12.2 Å². The molecule has 3 heteroatoms. The maximum atomic E-state index is 12.8. The van der Waals surface area contributed by atoms with Crippen molar-refractivity contribution in [2.45, 2.75) is 30.7 Å². The van der Waals surface area contributed by atoms with E-state index in [0.717, 1.165) is 17.1 Å². The Labute approximate surface area is 95.5 Å². The van der Waals surface area contributed by atoms with E-state index in [1.807, 2.05) is 13.1 Å². The summed E-state index contributed by atoms with van der Waals surface area (Å²) < 4.78 is 12.8. The minimum atomic E-state index is -0.149. The van der Waals surface area contributed by atoms with Gasteiger partial charge in [-0.3, -0.25) is 0 Å². The summed E-state index contributed by atoms with van der Waals surface area (Å²) in [6.07, 6.45) is 2.32. The van der Waals surface area contributed by atoms with Gasteiger partial charge < -0.3 is 5.32 Å². The average molecular weight is 227 g/mol. The first kappa shape index (κ1) is 12.5. The quantitative estimate of drug-likeness (QED) is 0.591. The predicted molar refractivity (Wildman–Crippen MR) is 64.9 cm³/mol. The molecule has 0 heterocycles. The van der Waals surface area contributed by atoms with Gasteiger partial charge in [-0.1, -0.05) is 6.07 Å². The van der Waals surface area contributed by atoms with Crippen molar-refractivity contribution in [3.05, 3.63) is 30.1 Å². The normalized spacial score (nSPS) is 12.7. The highest BCUT2D eigenvalue weighted by Gasteiger charge is 1.99. The van der Waals surface area contributed by atoms with Crippen molar-refractivity contribution in [1.82, 2.24) is 5.32 Å². The van der Waals surface area contributed by atoms with E-state index < -0.39 is 0 Å². The number of nitrogens with one attached hydrogen (secondary N) is 1. The second kappa shape index (κ2) is 6.85. The van der Waals surface area contributed by atoms with Crippen LogP contribution in [-0.4, -0.2) is 18.8 Å². The third-order valence-corrected chi connectivity index (χ3v) is 3.42. The molecule has 15 heavy (non-hydrogen) atoms. The van der Waals surface area contributed by atoms with Crippen molar-refractivity contribution in [2.75, 3.05) is 12.8 Å². The third-order valence-electron chi connectivity index (χ3n) is 2.34. The van der Waals surface area contributed by atoms with Crippen molar-refractivity contribution in [3.8, 4) is 0 Å². The molecule has 1 N–H and O–H groups in total. The molecular formula is C12H18FNS. The van der Waals surface area contributed by atoms with Gasteiger partial charge in [0.15, 0.2) is 0 Å². The number of hydrogen-bond acceptors (Lipinski definition) is 2. The molecule has 84 valence electrons. The molecule has 1 unspecified atom stereocenters. The topological polar surface area (TPSA) is 12.0 Å². The van der Waals surface area contributed by atoms with Gasteiger partial charge in [-0.15, -0.1) is 11.8 Å². The van der Waals surface area contributed by atoms with Crippen molar-refractivity contribution in [1.29, 1.82) is 0 Å². The van der Waals surface area contributed by atoms with Gasteiger partial charge in [0, 0.05) is 10.9 Å². The molecule has 0 saturated carbocycles. The molecule has 0 radical (unpaired) electrons. The number of halogens is 1. The van der Waals surface area contributed by atoms with Crippen molar-refractivity contribution in [3.63, 3.8) is 0 Å². The summed E-state index contributed by atoms with van der Waals surface area (Å²) in [6.45, 7) is 2.17. The zero-order valence-corrected chi connectivity index (χ0v) is 10.1. The lowest BCUT2D eigenvalue weighted by atomic mass is 10.2. The highest BCUT2D eigenvalue weighted by molar-refractivity contribution is 7.99. The maximum Gasteiger partial charge on any atom is 0.124 e. The fraction of sp³-hybridized carbons (Fsp3) is 0.500. The van der Waals surface area contributed by atoms with Crippen LogP contribution in [0.5, 0.6) is 0 Å². The summed E-state index contributed by atoms with van der Waals surface area (Å²) in [5, 5.41) is 3.20. The van der Waals surface area contributed by atoms with Crippen molar-refractivity contribution >= 4 is 11.8 Å². The largest absolute Gasteiger partial charge is 0.317 e. The molecule has 0 aliphatic rings. The Morgan fingerprint density at radius 2 is 2.27 bits per heavy atom. The molecule has 0 aliphatic carbocycles. The first-order valence-electron chi connectivity index (χ1n) is 5.28. The molecule has 1 nitrogen and oxygen atoms in total. The van der Waals surface area contributed by atoms with Gasteiger partial charge >= 0.3 is 0 Å². The smallest absolute Gasteiger partial charge is 0.124 e. The van der Waals surface area contributed by atoms with Crippen LogP contribution in [0.1, 0.15) is 19.8 Å². The van der Waals surface area contributed by atoms with Crippen LogP contribution in [0, 0.1) is 5.82 Å². The average Bonchev–Trinajstić information content (AvgIpc) is 2.24. The second-order valence-electron chi connectivity index (χ2n) is 3.64. The lowest BCUT2D eigenvalue weighted by Crippen LogP contribution is -2.20. The SMILES string of the molecule is CNC(C)CCCSc1cccc(F)c1. The van der Waals surface area contributed by atoms with E-state index >= 15 is 0 Å². The zero-order valence-electron chi connectivity index (χ0n) is 9.29. The minimum absolute atomic E-state index is 0.149. The molecular weight excluding hydrogens is 209 g/mol. The Kier molecular flexibility index (Phi) is 5.73. The van der Waals surface area contributed by atoms with Crippen LogP contribution in [-0.2, 0) is 0 Å². The highest BCUT2D eigenvalue weighted by Crippen LogP contribution is 2.20. The van der Waals surface area contributed by atoms with Crippen LogP contribution >= 0.6 is 11.8 Å². The Morgan fingerprint density at radius 1 is 1.47 bits per heavy atom. The van der Waals surface area contributed by atoms with E-state index in [1.54, 1.807) is 23.9 Å². The van der Waals surface area contributed by atoms with Gasteiger partial charge in [0.1, 0.15) is 5.82 Å². The fourth-order valence-corrected chi connectivity index (χ4v) is 2.20. The second-order valence-corrected chi connectivity index (χ2v) is 4.81. The summed E-state index contributed by atoms with van der Waals surface area (Å²) in [4.78, 5) is 1.02. The molecule has 0 fully saturated rings. The molecule has 1 aromatic rings. The van der Waals surface area contributed by atoms with Crippen LogP contribution in [0.3, 0.4) is 0 Å². The number of benzene rings is 1. The van der Waals surface area contributed by atoms with Gasteiger partial charge in [-0.05, 0) is 50.8 Å². The summed E-state index contributed by atoms with van der Waals surface area (Å²) in [6, 6.07) is 7.35. The monoisotopic (exact) mass is 227 g/mol. The van der Waals surface area contributed by atoms with E-state index in [0.29, 0.717) is 6.04 Å². The molecule has 1 atom stereocenters. The van der Waals surface area contributed by atoms with Crippen molar-refractivity contribution < 1.29 is 4.39 Å². The van der Waals surface area contributed by atoms with E-state index in [4.69, 9.17) is 0 Å². The van der Waals surface area contributed by atoms with Crippen LogP contribution < -0.4 is 5.32 Å². The predicted octanol–water partition coefficient (Wildman–Crippen LogP) is 3.31. The number of thioether (sulfide) groups is 1. The lowest BCUT2D eigenvalue weighted by molar-refractivity contribution is 0.559. The third kappa shape index (κ3) is 5.19. The number of rotatable bonds is 6. The molecule has 0 amide bonds. The number of hydrogen-bond donors (Lipinski definition) is 1. The van der Waals surface area contributed by atoms with Crippen LogP contribution in [0.4, 0.5) is 4.39 Å². The maximum absolute atomic E-state index is 12.8. The first-order chi connectivity index (χ1) is 7.22. The van der Waals surface area contributed by atoms with Crippen LogP contribution in [0.15, 0.2) is 29.2 Å². The molecule has 0 aliphatic heterocycles. The summed E-state index contributed by atoms with van der Waals surface area (Å²) >= 11 is 1.72. The molecule has 0 saturated heterocycles. The van der Waals surface area contributed by atoms with E-state index in [-0.39, 0.29) is 5.82 Å². The van der Waals surface area contributed by atoms with Crippen LogP contribution in [0.25, 0.3) is 0 Å². The van der Waals surface area contributed by atoms with Gasteiger partial charge in [0.05, 0.1) is 0 Å². The molecule has 0 bridgehead atoms. The van der Waals surface area contributed by atoms with Gasteiger partial charge in [0.2, 0.25) is 0 Å². The highest BCUT2D eigenvalue weighted by atomic mass is 32.2. The Morgan fingerprint density at radius 3 is 2.93 bits per heavy atom. The Balaban J connectivity index is 2.20. The summed E-state index contributed by atoms with van der Waals surface area (Å²) in [5.74, 6) is 0.902. The molecule has 0 spiro atoms. The molecule has 1 rings (SSSR count). The lowest BCUT2D eigenvalue weighted by Gasteiger charge is -2.08. The Bertz CT molecular complexity index is 291. The summed E-state index contributed by atoms with van der Waals surface area (Å²) in [7, 11) is 1.98. The van der Waals surface area contributed by atoms with Crippen LogP contribution in [0.2, 0.25) is 0 Å². The Hall–Kier alpha value is -0.540. The molecule has 1 aromatic carbocycles.